The predicted octanol–water partition coefficient (Wildman–Crippen LogP) is 5.07. The first-order valence-electron chi connectivity index (χ1n) is 8.78. The number of halogens is 1. The molecule has 0 amide bonds. The van der Waals surface area contributed by atoms with Crippen molar-refractivity contribution in [1.82, 2.24) is 19.5 Å². The number of rotatable bonds is 2. The summed E-state index contributed by atoms with van der Waals surface area (Å²) in [5.41, 5.74) is 7.33. The molecule has 0 saturated carbocycles. The Morgan fingerprint density at radius 1 is 1.00 bits per heavy atom. The predicted molar refractivity (Wildman–Crippen MR) is 104 cm³/mol. The fraction of sp³-hybridized carbons (Fsp3) is 0.190. The number of benzene rings is 2. The van der Waals surface area contributed by atoms with Crippen LogP contribution in [0.15, 0.2) is 48.8 Å². The van der Waals surface area contributed by atoms with E-state index in [0.29, 0.717) is 0 Å². The summed E-state index contributed by atoms with van der Waals surface area (Å²) >= 11 is 6.28. The van der Waals surface area contributed by atoms with Gasteiger partial charge >= 0.3 is 0 Å². The van der Waals surface area contributed by atoms with E-state index in [1.807, 2.05) is 18.2 Å². The van der Waals surface area contributed by atoms with Gasteiger partial charge in [0.1, 0.15) is 5.82 Å². The van der Waals surface area contributed by atoms with Crippen molar-refractivity contribution >= 4 is 22.6 Å². The van der Waals surface area contributed by atoms with E-state index in [1.165, 1.54) is 5.56 Å². The van der Waals surface area contributed by atoms with E-state index in [4.69, 9.17) is 16.6 Å². The Bertz CT molecular complexity index is 1150. The molecular formula is C21H17ClN4. The van der Waals surface area contributed by atoms with Crippen LogP contribution in [0.2, 0.25) is 5.02 Å². The van der Waals surface area contributed by atoms with Gasteiger partial charge in [0.15, 0.2) is 0 Å². The molecule has 0 unspecified atom stereocenters. The summed E-state index contributed by atoms with van der Waals surface area (Å²) in [6.45, 7) is 3.10. The zero-order chi connectivity index (χ0) is 17.7. The second-order valence-corrected chi connectivity index (χ2v) is 7.14. The van der Waals surface area contributed by atoms with E-state index in [0.717, 1.165) is 63.8 Å². The summed E-state index contributed by atoms with van der Waals surface area (Å²) < 4.78 is 2.34. The Balaban J connectivity index is 1.78. The largest absolute Gasteiger partial charge is 0.327 e. The van der Waals surface area contributed by atoms with Crippen LogP contribution < -0.4 is 0 Å². The van der Waals surface area contributed by atoms with E-state index in [9.17, 15) is 0 Å². The lowest BCUT2D eigenvalue weighted by Crippen LogP contribution is -1.97. The van der Waals surface area contributed by atoms with Gasteiger partial charge in [0.25, 0.3) is 0 Å². The van der Waals surface area contributed by atoms with E-state index < -0.39 is 0 Å². The molecule has 4 aromatic rings. The van der Waals surface area contributed by atoms with Crippen molar-refractivity contribution in [2.45, 2.75) is 26.3 Å². The number of aromatic nitrogens is 4. The highest BCUT2D eigenvalue weighted by Gasteiger charge is 2.24. The van der Waals surface area contributed by atoms with Gasteiger partial charge in [-0.3, -0.25) is 9.97 Å². The molecule has 1 aliphatic rings. The molecule has 4 nitrogen and oxygen atoms in total. The van der Waals surface area contributed by atoms with Crippen molar-refractivity contribution in [3.63, 3.8) is 0 Å². The Morgan fingerprint density at radius 2 is 1.85 bits per heavy atom. The number of hydrogen-bond acceptors (Lipinski definition) is 3. The van der Waals surface area contributed by atoms with Crippen LogP contribution in [0.5, 0.6) is 0 Å². The quantitative estimate of drug-likeness (QED) is 0.501. The van der Waals surface area contributed by atoms with Crippen LogP contribution in [0, 0.1) is 6.92 Å². The van der Waals surface area contributed by atoms with E-state index >= 15 is 0 Å². The van der Waals surface area contributed by atoms with Crippen LogP contribution in [0.3, 0.4) is 0 Å². The van der Waals surface area contributed by atoms with E-state index in [2.05, 4.69) is 39.7 Å². The van der Waals surface area contributed by atoms with Crippen LogP contribution in [0.4, 0.5) is 0 Å². The fourth-order valence-corrected chi connectivity index (χ4v) is 3.94. The lowest BCUT2D eigenvalue weighted by molar-refractivity contribution is 0.756. The van der Waals surface area contributed by atoms with Crippen LogP contribution in [-0.2, 0) is 13.0 Å². The first kappa shape index (κ1) is 15.5. The van der Waals surface area contributed by atoms with Gasteiger partial charge in [0.05, 0.1) is 22.4 Å². The molecule has 0 spiro atoms. The summed E-state index contributed by atoms with van der Waals surface area (Å²) in [4.78, 5) is 13.8. The van der Waals surface area contributed by atoms with Gasteiger partial charge in [-0.25, -0.2) is 4.98 Å². The van der Waals surface area contributed by atoms with Crippen molar-refractivity contribution in [2.75, 3.05) is 0 Å². The highest BCUT2D eigenvalue weighted by Crippen LogP contribution is 2.38. The van der Waals surface area contributed by atoms with E-state index in [-0.39, 0.29) is 0 Å². The number of hydrogen-bond donors (Lipinski definition) is 0. The van der Waals surface area contributed by atoms with Crippen molar-refractivity contribution in [1.29, 1.82) is 0 Å². The molecular weight excluding hydrogens is 344 g/mol. The second kappa shape index (κ2) is 5.92. The van der Waals surface area contributed by atoms with Crippen LogP contribution in [0.25, 0.3) is 33.5 Å². The molecule has 2 aromatic heterocycles. The van der Waals surface area contributed by atoms with Gasteiger partial charge in [-0.1, -0.05) is 23.7 Å². The van der Waals surface area contributed by atoms with Gasteiger partial charge in [0, 0.05) is 41.5 Å². The minimum Gasteiger partial charge on any atom is -0.327 e. The van der Waals surface area contributed by atoms with Crippen LogP contribution in [0.1, 0.15) is 17.8 Å². The third kappa shape index (κ3) is 2.41. The molecule has 128 valence electrons. The van der Waals surface area contributed by atoms with Gasteiger partial charge in [-0.2, -0.15) is 0 Å². The summed E-state index contributed by atoms with van der Waals surface area (Å²) in [5.74, 6) is 1.15. The maximum atomic E-state index is 6.28. The molecule has 0 aliphatic carbocycles. The molecule has 0 saturated heterocycles. The van der Waals surface area contributed by atoms with Crippen molar-refractivity contribution in [3.8, 4) is 22.5 Å². The molecule has 5 heteroatoms. The molecule has 0 atom stereocenters. The zero-order valence-corrected chi connectivity index (χ0v) is 15.2. The maximum Gasteiger partial charge on any atom is 0.109 e. The molecule has 0 bridgehead atoms. The minimum absolute atomic E-state index is 0.731. The van der Waals surface area contributed by atoms with Crippen LogP contribution in [-0.4, -0.2) is 19.5 Å². The molecule has 26 heavy (non-hydrogen) atoms. The number of nitrogens with zero attached hydrogens (tertiary/aromatic N) is 4. The van der Waals surface area contributed by atoms with Crippen molar-refractivity contribution in [3.05, 3.63) is 65.2 Å². The summed E-state index contributed by atoms with van der Waals surface area (Å²) in [6.07, 6.45) is 5.60. The van der Waals surface area contributed by atoms with Gasteiger partial charge < -0.3 is 4.57 Å². The molecule has 3 heterocycles. The smallest absolute Gasteiger partial charge is 0.109 e. The first-order chi connectivity index (χ1) is 12.7. The highest BCUT2D eigenvalue weighted by molar-refractivity contribution is 6.30. The average molecular weight is 361 g/mol. The lowest BCUT2D eigenvalue weighted by Gasteiger charge is -2.11. The number of fused-ring (bicyclic) bond motifs is 2. The average Bonchev–Trinajstić information content (AvgIpc) is 3.24. The van der Waals surface area contributed by atoms with Crippen molar-refractivity contribution in [2.24, 2.45) is 0 Å². The number of aryl methyl sites for hydroxylation is 2. The third-order valence-electron chi connectivity index (χ3n) is 5.03. The fourth-order valence-electron chi connectivity index (χ4n) is 3.77. The van der Waals surface area contributed by atoms with E-state index in [1.54, 1.807) is 12.4 Å². The molecule has 1 aliphatic heterocycles. The Morgan fingerprint density at radius 3 is 2.73 bits per heavy atom. The standard InChI is InChI=1S/C21H17ClN4/c1-13-4-6-15(22)12-16(13)20-21(26-10-2-3-19(26)25-20)14-5-7-17-18(11-14)24-9-8-23-17/h4-9,11-12H,2-3,10H2,1H3. The van der Waals surface area contributed by atoms with Gasteiger partial charge in [-0.15, -0.1) is 0 Å². The monoisotopic (exact) mass is 360 g/mol. The zero-order valence-electron chi connectivity index (χ0n) is 14.4. The summed E-state index contributed by atoms with van der Waals surface area (Å²) in [5, 5.41) is 0.731. The lowest BCUT2D eigenvalue weighted by atomic mass is 10.0. The molecule has 0 fully saturated rings. The molecule has 0 radical (unpaired) electrons. The highest BCUT2D eigenvalue weighted by atomic mass is 35.5. The van der Waals surface area contributed by atoms with Gasteiger partial charge in [-0.05, 0) is 43.2 Å². The Kier molecular flexibility index (Phi) is 3.54. The summed E-state index contributed by atoms with van der Waals surface area (Å²) in [6, 6.07) is 12.2. The molecule has 0 N–H and O–H groups in total. The maximum absolute atomic E-state index is 6.28. The molecule has 2 aromatic carbocycles. The Hall–Kier alpha value is -2.72. The first-order valence-corrected chi connectivity index (χ1v) is 9.15. The normalized spacial score (nSPS) is 13.3. The summed E-state index contributed by atoms with van der Waals surface area (Å²) in [7, 11) is 0. The topological polar surface area (TPSA) is 43.6 Å². The van der Waals surface area contributed by atoms with Crippen molar-refractivity contribution < 1.29 is 0 Å². The minimum atomic E-state index is 0.731. The van der Waals surface area contributed by atoms with Gasteiger partial charge in [0.2, 0.25) is 0 Å². The Labute approximate surface area is 156 Å². The number of imidazole rings is 1. The second-order valence-electron chi connectivity index (χ2n) is 6.70. The SMILES string of the molecule is Cc1ccc(Cl)cc1-c1nc2n(c1-c1ccc3nccnc3c1)CCC2. The van der Waals surface area contributed by atoms with Crippen LogP contribution >= 0.6 is 11.6 Å². The molecule has 5 rings (SSSR count). The third-order valence-corrected chi connectivity index (χ3v) is 5.26.